The van der Waals surface area contributed by atoms with Gasteiger partial charge >= 0.3 is 0 Å². The zero-order chi connectivity index (χ0) is 15.9. The van der Waals surface area contributed by atoms with Gasteiger partial charge in [-0.1, -0.05) is 26.0 Å². The van der Waals surface area contributed by atoms with Crippen molar-refractivity contribution in [1.29, 1.82) is 0 Å². The molecule has 1 aromatic rings. The maximum atomic E-state index is 12.9. The van der Waals surface area contributed by atoms with Gasteiger partial charge in [0.05, 0.1) is 11.3 Å². The Balaban J connectivity index is 2.10. The zero-order valence-electron chi connectivity index (χ0n) is 12.9. The number of anilines is 1. The summed E-state index contributed by atoms with van der Waals surface area (Å²) in [4.78, 5) is 41.0. The van der Waals surface area contributed by atoms with E-state index in [2.05, 4.69) is 0 Å². The first kappa shape index (κ1) is 14.8. The van der Waals surface area contributed by atoms with Crippen molar-refractivity contribution in [3.63, 3.8) is 0 Å². The van der Waals surface area contributed by atoms with Crippen LogP contribution >= 0.6 is 0 Å². The number of carbonyl (C=O) groups excluding carboxylic acids is 3. The van der Waals surface area contributed by atoms with Gasteiger partial charge in [0.15, 0.2) is 0 Å². The summed E-state index contributed by atoms with van der Waals surface area (Å²) in [7, 11) is 0. The summed E-state index contributed by atoms with van der Waals surface area (Å²) in [6, 6.07) is 6.40. The van der Waals surface area contributed by atoms with Crippen molar-refractivity contribution >= 4 is 23.4 Å². The van der Waals surface area contributed by atoms with Crippen molar-refractivity contribution < 1.29 is 14.4 Å². The summed E-state index contributed by atoms with van der Waals surface area (Å²) in [6.07, 6.45) is 1.72. The second kappa shape index (κ2) is 5.55. The monoisotopic (exact) mass is 300 g/mol. The van der Waals surface area contributed by atoms with Crippen LogP contribution in [-0.4, -0.2) is 35.2 Å². The Hall–Kier alpha value is -2.17. The molecule has 2 heterocycles. The lowest BCUT2D eigenvalue weighted by Crippen LogP contribution is -2.47. The van der Waals surface area contributed by atoms with Crippen molar-refractivity contribution in [2.45, 2.75) is 39.2 Å². The van der Waals surface area contributed by atoms with Crippen LogP contribution in [0.15, 0.2) is 24.3 Å². The second-order valence-electron chi connectivity index (χ2n) is 6.34. The van der Waals surface area contributed by atoms with Gasteiger partial charge in [-0.15, -0.1) is 0 Å². The van der Waals surface area contributed by atoms with Gasteiger partial charge in [0.2, 0.25) is 5.91 Å². The zero-order valence-corrected chi connectivity index (χ0v) is 12.9. The minimum atomic E-state index is -0.504. The molecule has 0 radical (unpaired) electrons. The van der Waals surface area contributed by atoms with E-state index in [-0.39, 0.29) is 23.6 Å². The molecule has 0 aromatic heterocycles. The highest BCUT2D eigenvalue weighted by Gasteiger charge is 2.43. The Morgan fingerprint density at radius 2 is 2.00 bits per heavy atom. The van der Waals surface area contributed by atoms with Crippen LogP contribution in [0.1, 0.15) is 43.5 Å². The second-order valence-corrected chi connectivity index (χ2v) is 6.34. The number of imide groups is 1. The van der Waals surface area contributed by atoms with E-state index in [1.807, 2.05) is 13.8 Å². The molecular formula is C17H20N2O3. The van der Waals surface area contributed by atoms with Gasteiger partial charge in [0, 0.05) is 13.0 Å². The average Bonchev–Trinajstić information content (AvgIpc) is 2.93. The maximum Gasteiger partial charge on any atom is 0.256 e. The van der Waals surface area contributed by atoms with E-state index in [1.165, 1.54) is 4.90 Å². The van der Waals surface area contributed by atoms with Crippen LogP contribution in [0.5, 0.6) is 0 Å². The van der Waals surface area contributed by atoms with Crippen molar-refractivity contribution in [2.75, 3.05) is 11.4 Å². The molecule has 2 aliphatic heterocycles. The highest BCUT2D eigenvalue weighted by molar-refractivity contribution is 6.22. The summed E-state index contributed by atoms with van der Waals surface area (Å²) in [6.45, 7) is 4.47. The van der Waals surface area contributed by atoms with Crippen molar-refractivity contribution in [3.05, 3.63) is 29.8 Å². The number of hydrogen-bond donors (Lipinski definition) is 0. The minimum Gasteiger partial charge on any atom is -0.327 e. The number of para-hydroxylation sites is 1. The number of nitrogens with zero attached hydrogens (tertiary/aromatic N) is 2. The van der Waals surface area contributed by atoms with Crippen LogP contribution in [0, 0.1) is 5.92 Å². The van der Waals surface area contributed by atoms with Gasteiger partial charge in [0.1, 0.15) is 6.04 Å². The summed E-state index contributed by atoms with van der Waals surface area (Å²) in [5, 5.41) is 0. The molecule has 2 aliphatic rings. The Morgan fingerprint density at radius 1 is 1.27 bits per heavy atom. The molecule has 5 nitrogen and oxygen atoms in total. The van der Waals surface area contributed by atoms with Gasteiger partial charge in [0.25, 0.3) is 11.8 Å². The molecule has 3 amide bonds. The van der Waals surface area contributed by atoms with Crippen molar-refractivity contribution in [3.8, 4) is 0 Å². The number of hydrogen-bond acceptors (Lipinski definition) is 3. The van der Waals surface area contributed by atoms with Crippen LogP contribution in [0.4, 0.5) is 5.69 Å². The summed E-state index contributed by atoms with van der Waals surface area (Å²) in [5.41, 5.74) is 0.870. The lowest BCUT2D eigenvalue weighted by Gasteiger charge is -2.25. The molecule has 0 N–H and O–H groups in total. The highest BCUT2D eigenvalue weighted by atomic mass is 16.2. The molecule has 1 aromatic carbocycles. The molecule has 0 unspecified atom stereocenters. The fourth-order valence-electron chi connectivity index (χ4n) is 3.24. The topological polar surface area (TPSA) is 57.7 Å². The third-order valence-corrected chi connectivity index (χ3v) is 4.23. The summed E-state index contributed by atoms with van der Waals surface area (Å²) < 4.78 is 0. The van der Waals surface area contributed by atoms with Gasteiger partial charge < -0.3 is 4.90 Å². The molecule has 0 bridgehead atoms. The molecule has 1 saturated heterocycles. The number of carbonyl (C=O) groups is 3. The number of rotatable bonds is 2. The fraction of sp³-hybridized carbons (Fsp3) is 0.471. The molecule has 1 atom stereocenters. The van der Waals surface area contributed by atoms with E-state index in [0.29, 0.717) is 30.6 Å². The Morgan fingerprint density at radius 3 is 2.73 bits per heavy atom. The first-order valence-electron chi connectivity index (χ1n) is 7.77. The molecule has 3 rings (SSSR count). The quantitative estimate of drug-likeness (QED) is 0.841. The molecule has 22 heavy (non-hydrogen) atoms. The fourth-order valence-corrected chi connectivity index (χ4v) is 3.24. The smallest absolute Gasteiger partial charge is 0.256 e. The average molecular weight is 300 g/mol. The largest absolute Gasteiger partial charge is 0.327 e. The number of fused-ring (bicyclic) bond motifs is 2. The van der Waals surface area contributed by atoms with Gasteiger partial charge in [-0.05, 0) is 30.9 Å². The molecular weight excluding hydrogens is 280 g/mol. The Kier molecular flexibility index (Phi) is 3.72. The third kappa shape index (κ3) is 2.30. The highest BCUT2D eigenvalue weighted by Crippen LogP contribution is 2.33. The number of benzene rings is 1. The van der Waals surface area contributed by atoms with Gasteiger partial charge in [-0.2, -0.15) is 0 Å². The SMILES string of the molecule is CC(C)CC(=O)N1C(=O)[C@H]2CCCN2C(=O)c2ccccc21. The van der Waals surface area contributed by atoms with Crippen LogP contribution < -0.4 is 4.90 Å². The van der Waals surface area contributed by atoms with Crippen LogP contribution in [0.25, 0.3) is 0 Å². The van der Waals surface area contributed by atoms with E-state index >= 15 is 0 Å². The maximum absolute atomic E-state index is 12.9. The Labute approximate surface area is 129 Å². The number of amides is 3. The van der Waals surface area contributed by atoms with E-state index in [0.717, 1.165) is 6.42 Å². The normalized spacial score (nSPS) is 21.0. The first-order valence-corrected chi connectivity index (χ1v) is 7.77. The standard InChI is InChI=1S/C17H20N2O3/c1-11(2)10-15(20)19-13-7-4-3-6-12(13)16(21)18-9-5-8-14(18)17(19)22/h3-4,6-7,11,14H,5,8-10H2,1-2H3/t14-/m1/s1. The first-order chi connectivity index (χ1) is 10.5. The van der Waals surface area contributed by atoms with Crippen molar-refractivity contribution in [2.24, 2.45) is 5.92 Å². The predicted molar refractivity (Wildman–Crippen MR) is 82.4 cm³/mol. The summed E-state index contributed by atoms with van der Waals surface area (Å²) in [5.74, 6) is -0.479. The summed E-state index contributed by atoms with van der Waals surface area (Å²) >= 11 is 0. The predicted octanol–water partition coefficient (Wildman–Crippen LogP) is 2.21. The molecule has 116 valence electrons. The van der Waals surface area contributed by atoms with Gasteiger partial charge in [-0.25, -0.2) is 4.90 Å². The molecule has 0 aliphatic carbocycles. The lowest BCUT2D eigenvalue weighted by molar-refractivity contribution is -0.128. The van der Waals surface area contributed by atoms with E-state index < -0.39 is 6.04 Å². The molecule has 1 fully saturated rings. The molecule has 0 spiro atoms. The van der Waals surface area contributed by atoms with Gasteiger partial charge in [-0.3, -0.25) is 14.4 Å². The van der Waals surface area contributed by atoms with E-state index in [9.17, 15) is 14.4 Å². The Bertz CT molecular complexity index is 639. The third-order valence-electron chi connectivity index (χ3n) is 4.23. The van der Waals surface area contributed by atoms with Crippen LogP contribution in [0.3, 0.4) is 0 Å². The minimum absolute atomic E-state index is 0.147. The van der Waals surface area contributed by atoms with Crippen molar-refractivity contribution in [1.82, 2.24) is 4.90 Å². The van der Waals surface area contributed by atoms with E-state index in [4.69, 9.17) is 0 Å². The molecule has 5 heteroatoms. The lowest BCUT2D eigenvalue weighted by atomic mass is 10.1. The van der Waals surface area contributed by atoms with Crippen LogP contribution in [-0.2, 0) is 9.59 Å². The van der Waals surface area contributed by atoms with Crippen LogP contribution in [0.2, 0.25) is 0 Å². The van der Waals surface area contributed by atoms with E-state index in [1.54, 1.807) is 29.2 Å². The molecule has 0 saturated carbocycles.